The molecule has 0 aromatic rings. The van der Waals surface area contributed by atoms with Gasteiger partial charge in [-0.1, -0.05) is 13.3 Å². The van der Waals surface area contributed by atoms with Crippen LogP contribution in [-0.4, -0.2) is 36.5 Å². The number of rotatable bonds is 2. The smallest absolute Gasteiger partial charge is 0.0352 e. The van der Waals surface area contributed by atoms with Crippen LogP contribution in [0.1, 0.15) is 19.8 Å². The number of hydrogen-bond donors (Lipinski definition) is 0. The van der Waals surface area contributed by atoms with Crippen LogP contribution in [0.3, 0.4) is 0 Å². The Labute approximate surface area is 92.6 Å². The summed E-state index contributed by atoms with van der Waals surface area (Å²) in [5.74, 6) is 0. The van der Waals surface area contributed by atoms with Crippen molar-refractivity contribution >= 4 is 0 Å². The van der Waals surface area contributed by atoms with E-state index < -0.39 is 0 Å². The van der Waals surface area contributed by atoms with Crippen LogP contribution in [0.2, 0.25) is 0 Å². The fourth-order valence-corrected chi connectivity index (χ4v) is 2.39. The predicted molar refractivity (Wildman–Crippen MR) is 64.4 cm³/mol. The molecule has 2 nitrogen and oxygen atoms in total. The van der Waals surface area contributed by atoms with Gasteiger partial charge in [0.2, 0.25) is 0 Å². The normalized spacial score (nSPS) is 26.1. The van der Waals surface area contributed by atoms with Crippen molar-refractivity contribution in [2.24, 2.45) is 0 Å². The van der Waals surface area contributed by atoms with Crippen molar-refractivity contribution in [3.05, 3.63) is 35.7 Å². The fraction of sp³-hybridized carbons (Fsp3) is 0.538. The van der Waals surface area contributed by atoms with E-state index in [2.05, 4.69) is 55.4 Å². The summed E-state index contributed by atoms with van der Waals surface area (Å²) < 4.78 is 0. The summed E-state index contributed by atoms with van der Waals surface area (Å²) in [5, 5.41) is 0. The van der Waals surface area contributed by atoms with Crippen molar-refractivity contribution in [1.82, 2.24) is 9.80 Å². The molecule has 2 aliphatic heterocycles. The molecule has 0 aromatic carbocycles. The minimum atomic E-state index is 0.623. The quantitative estimate of drug-likeness (QED) is 0.681. The Morgan fingerprint density at radius 3 is 2.73 bits per heavy atom. The Kier molecular flexibility index (Phi) is 2.96. The van der Waals surface area contributed by atoms with Gasteiger partial charge >= 0.3 is 0 Å². The molecule has 0 radical (unpaired) electrons. The summed E-state index contributed by atoms with van der Waals surface area (Å²) in [5.41, 5.74) is 3.00. The van der Waals surface area contributed by atoms with E-state index in [4.69, 9.17) is 0 Å². The first-order valence-corrected chi connectivity index (χ1v) is 5.74. The summed E-state index contributed by atoms with van der Waals surface area (Å²) in [6, 6.07) is 0.623. The molecule has 0 amide bonds. The zero-order valence-electron chi connectivity index (χ0n) is 9.90. The van der Waals surface area contributed by atoms with Crippen molar-refractivity contribution in [2.75, 3.05) is 20.6 Å². The maximum atomic E-state index is 2.45. The van der Waals surface area contributed by atoms with Crippen LogP contribution in [0.5, 0.6) is 0 Å². The Balaban J connectivity index is 2.25. The Bertz CT molecular complexity index is 325. The van der Waals surface area contributed by atoms with Crippen LogP contribution in [0, 0.1) is 0 Å². The topological polar surface area (TPSA) is 6.48 Å². The summed E-state index contributed by atoms with van der Waals surface area (Å²) in [4.78, 5) is 4.56. The van der Waals surface area contributed by atoms with Gasteiger partial charge in [0, 0.05) is 32.0 Å². The lowest BCUT2D eigenvalue weighted by molar-refractivity contribution is 0.309. The van der Waals surface area contributed by atoms with Gasteiger partial charge in [-0.05, 0) is 36.8 Å². The molecule has 0 aromatic heterocycles. The van der Waals surface area contributed by atoms with Crippen molar-refractivity contribution in [1.29, 1.82) is 0 Å². The Morgan fingerprint density at radius 1 is 1.27 bits per heavy atom. The largest absolute Gasteiger partial charge is 0.357 e. The molecule has 0 bridgehead atoms. The van der Waals surface area contributed by atoms with E-state index in [0.29, 0.717) is 6.04 Å². The summed E-state index contributed by atoms with van der Waals surface area (Å²) in [7, 11) is 4.30. The van der Waals surface area contributed by atoms with Gasteiger partial charge in [0.25, 0.3) is 0 Å². The highest BCUT2D eigenvalue weighted by Crippen LogP contribution is 2.29. The third-order valence-electron chi connectivity index (χ3n) is 3.24. The van der Waals surface area contributed by atoms with Crippen LogP contribution in [0.4, 0.5) is 0 Å². The van der Waals surface area contributed by atoms with Crippen molar-refractivity contribution in [3.8, 4) is 0 Å². The van der Waals surface area contributed by atoms with E-state index in [1.807, 2.05) is 0 Å². The average Bonchev–Trinajstić information content (AvgIpc) is 2.38. The maximum Gasteiger partial charge on any atom is 0.0352 e. The molecule has 2 heterocycles. The highest BCUT2D eigenvalue weighted by molar-refractivity contribution is 5.43. The molecule has 82 valence electrons. The molecule has 1 unspecified atom stereocenters. The van der Waals surface area contributed by atoms with E-state index >= 15 is 0 Å². The van der Waals surface area contributed by atoms with E-state index in [1.54, 1.807) is 0 Å². The second-order valence-corrected chi connectivity index (χ2v) is 4.50. The first-order chi connectivity index (χ1) is 7.22. The van der Waals surface area contributed by atoms with Crippen molar-refractivity contribution < 1.29 is 0 Å². The van der Waals surface area contributed by atoms with Gasteiger partial charge in [-0.15, -0.1) is 0 Å². The molecule has 0 spiro atoms. The van der Waals surface area contributed by atoms with Crippen LogP contribution < -0.4 is 0 Å². The molecule has 0 saturated carbocycles. The highest BCUT2D eigenvalue weighted by atomic mass is 15.1. The molecule has 2 aliphatic rings. The second-order valence-electron chi connectivity index (χ2n) is 4.50. The second kappa shape index (κ2) is 4.23. The maximum absolute atomic E-state index is 2.45. The minimum absolute atomic E-state index is 0.623. The van der Waals surface area contributed by atoms with Crippen molar-refractivity contribution in [3.63, 3.8) is 0 Å². The van der Waals surface area contributed by atoms with Gasteiger partial charge in [0.1, 0.15) is 0 Å². The number of likely N-dealkylation sites (N-methyl/N-ethyl adjacent to an activating group) is 1. The van der Waals surface area contributed by atoms with E-state index in [-0.39, 0.29) is 0 Å². The molecule has 0 aliphatic carbocycles. The summed E-state index contributed by atoms with van der Waals surface area (Å²) in [6.07, 6.45) is 11.3. The lowest BCUT2D eigenvalue weighted by atomic mass is 10.0. The van der Waals surface area contributed by atoms with E-state index in [0.717, 1.165) is 6.54 Å². The minimum Gasteiger partial charge on any atom is -0.357 e. The first kappa shape index (κ1) is 10.5. The van der Waals surface area contributed by atoms with E-state index in [1.165, 1.54) is 24.0 Å². The third kappa shape index (κ3) is 2.00. The van der Waals surface area contributed by atoms with Crippen LogP contribution in [-0.2, 0) is 0 Å². The monoisotopic (exact) mass is 204 g/mol. The fourth-order valence-electron chi connectivity index (χ4n) is 2.39. The van der Waals surface area contributed by atoms with Crippen LogP contribution in [0.25, 0.3) is 0 Å². The predicted octanol–water partition coefficient (Wildman–Crippen LogP) is 2.37. The van der Waals surface area contributed by atoms with Gasteiger partial charge in [0.15, 0.2) is 0 Å². The molecule has 1 atom stereocenters. The lowest BCUT2D eigenvalue weighted by Crippen LogP contribution is -2.27. The van der Waals surface area contributed by atoms with Crippen molar-refractivity contribution in [2.45, 2.75) is 25.8 Å². The molecule has 2 rings (SSSR count). The van der Waals surface area contributed by atoms with Gasteiger partial charge < -0.3 is 4.90 Å². The molecule has 0 saturated heterocycles. The molecular formula is C13H20N2. The Hall–Kier alpha value is -1.02. The van der Waals surface area contributed by atoms with E-state index in [9.17, 15) is 0 Å². The standard InChI is InChI=1S/C13H20N2/c1-4-5-13-12-7-9-14(2)8-6-11(12)10-15(13)3/h6-9,13H,4-5,10H2,1-3H3. The first-order valence-electron chi connectivity index (χ1n) is 5.74. The Morgan fingerprint density at radius 2 is 2.00 bits per heavy atom. The molecular weight excluding hydrogens is 184 g/mol. The van der Waals surface area contributed by atoms with Crippen LogP contribution in [0.15, 0.2) is 35.7 Å². The highest BCUT2D eigenvalue weighted by Gasteiger charge is 2.27. The van der Waals surface area contributed by atoms with Gasteiger partial charge in [-0.2, -0.15) is 0 Å². The summed E-state index contributed by atoms with van der Waals surface area (Å²) >= 11 is 0. The van der Waals surface area contributed by atoms with Gasteiger partial charge in [-0.3, -0.25) is 4.90 Å². The third-order valence-corrected chi connectivity index (χ3v) is 3.24. The van der Waals surface area contributed by atoms with Gasteiger partial charge in [-0.25, -0.2) is 0 Å². The lowest BCUT2D eigenvalue weighted by Gasteiger charge is -2.21. The SMILES string of the molecule is CCCC1C2=C(C=CN(C)C=C2)CN1C. The zero-order valence-corrected chi connectivity index (χ0v) is 9.90. The van der Waals surface area contributed by atoms with Gasteiger partial charge in [0.05, 0.1) is 0 Å². The molecule has 0 fully saturated rings. The average molecular weight is 204 g/mol. The number of nitrogens with zero attached hydrogens (tertiary/aromatic N) is 2. The molecule has 2 heteroatoms. The zero-order chi connectivity index (χ0) is 10.8. The van der Waals surface area contributed by atoms with Crippen LogP contribution >= 0.6 is 0 Å². The molecule has 15 heavy (non-hydrogen) atoms. The summed E-state index contributed by atoms with van der Waals surface area (Å²) in [6.45, 7) is 3.35. The molecule has 0 N–H and O–H groups in total. The number of hydrogen-bond acceptors (Lipinski definition) is 2.